The lowest BCUT2D eigenvalue weighted by Crippen LogP contribution is -2.33. The van der Waals surface area contributed by atoms with E-state index in [2.05, 4.69) is 10.1 Å². The molecule has 0 radical (unpaired) electrons. The molecule has 1 saturated carbocycles. The number of hydrogen-bond acceptors (Lipinski definition) is 4. The van der Waals surface area contributed by atoms with Crippen molar-refractivity contribution in [2.75, 3.05) is 25.5 Å². The van der Waals surface area contributed by atoms with Crippen molar-refractivity contribution in [3.8, 4) is 0 Å². The molecular formula is C16H23N3O3. The number of nitrogens with one attached hydrogen (secondary N) is 1. The first-order valence-corrected chi connectivity index (χ1v) is 7.57. The minimum absolute atomic E-state index is 0.207. The number of benzene rings is 1. The van der Waals surface area contributed by atoms with Gasteiger partial charge in [-0.15, -0.1) is 0 Å². The monoisotopic (exact) mass is 305 g/mol. The summed E-state index contributed by atoms with van der Waals surface area (Å²) in [6.07, 6.45) is 2.31. The van der Waals surface area contributed by atoms with Gasteiger partial charge in [0.2, 0.25) is 5.91 Å². The maximum atomic E-state index is 12.3. The molecule has 0 spiro atoms. The van der Waals surface area contributed by atoms with Gasteiger partial charge >= 0.3 is 6.09 Å². The first kappa shape index (κ1) is 16.3. The lowest BCUT2D eigenvalue weighted by molar-refractivity contribution is -0.133. The standard InChI is InChI=1S/C16H23N3O3/c1-22-16(21)18-14-7-3-12(4-8-14)11-19(10-2-9-17)15(20)13-5-6-13/h3-4,7-8,13H,2,5-6,9-11,17H2,1H3,(H,18,21). The number of methoxy groups -OCH3 is 1. The van der Waals surface area contributed by atoms with Crippen molar-refractivity contribution in [1.82, 2.24) is 4.90 Å². The van der Waals surface area contributed by atoms with Gasteiger partial charge in [-0.1, -0.05) is 12.1 Å². The molecule has 0 saturated heterocycles. The highest BCUT2D eigenvalue weighted by Crippen LogP contribution is 2.31. The van der Waals surface area contributed by atoms with Gasteiger partial charge in [-0.25, -0.2) is 4.79 Å². The van der Waals surface area contributed by atoms with Crippen LogP contribution in [0.4, 0.5) is 10.5 Å². The Balaban J connectivity index is 1.96. The van der Waals surface area contributed by atoms with E-state index in [0.717, 1.165) is 24.8 Å². The maximum absolute atomic E-state index is 12.3. The number of amides is 2. The average Bonchev–Trinajstić information content (AvgIpc) is 3.37. The summed E-state index contributed by atoms with van der Waals surface area (Å²) in [5.74, 6) is 0.434. The predicted octanol–water partition coefficient (Wildman–Crippen LogP) is 1.95. The van der Waals surface area contributed by atoms with E-state index in [1.54, 1.807) is 12.1 Å². The number of ether oxygens (including phenoxy) is 1. The molecule has 2 amide bonds. The van der Waals surface area contributed by atoms with Crippen LogP contribution in [0.15, 0.2) is 24.3 Å². The summed E-state index contributed by atoms with van der Waals surface area (Å²) >= 11 is 0. The molecule has 0 aliphatic heterocycles. The Morgan fingerprint density at radius 3 is 2.55 bits per heavy atom. The normalized spacial score (nSPS) is 13.5. The zero-order valence-corrected chi connectivity index (χ0v) is 12.9. The Kier molecular flexibility index (Phi) is 5.77. The van der Waals surface area contributed by atoms with Crippen molar-refractivity contribution in [3.63, 3.8) is 0 Å². The molecule has 22 heavy (non-hydrogen) atoms. The summed E-state index contributed by atoms with van der Waals surface area (Å²) in [6, 6.07) is 7.41. The highest BCUT2D eigenvalue weighted by atomic mass is 16.5. The molecule has 1 aromatic carbocycles. The van der Waals surface area contributed by atoms with Crippen LogP contribution in [0.25, 0.3) is 0 Å². The molecule has 6 heteroatoms. The van der Waals surface area contributed by atoms with E-state index < -0.39 is 6.09 Å². The molecule has 0 bridgehead atoms. The molecule has 6 nitrogen and oxygen atoms in total. The molecular weight excluding hydrogens is 282 g/mol. The van der Waals surface area contributed by atoms with Crippen molar-refractivity contribution in [3.05, 3.63) is 29.8 Å². The van der Waals surface area contributed by atoms with E-state index in [0.29, 0.717) is 25.3 Å². The quantitative estimate of drug-likeness (QED) is 0.806. The molecule has 120 valence electrons. The zero-order valence-electron chi connectivity index (χ0n) is 12.9. The summed E-state index contributed by atoms with van der Waals surface area (Å²) in [5, 5.41) is 2.60. The van der Waals surface area contributed by atoms with Crippen LogP contribution in [0.2, 0.25) is 0 Å². The number of carbonyl (C=O) groups is 2. The third-order valence-corrected chi connectivity index (χ3v) is 3.63. The van der Waals surface area contributed by atoms with Crippen LogP contribution in [-0.2, 0) is 16.1 Å². The van der Waals surface area contributed by atoms with Crippen LogP contribution in [0.1, 0.15) is 24.8 Å². The lowest BCUT2D eigenvalue weighted by atomic mass is 10.1. The van der Waals surface area contributed by atoms with Gasteiger partial charge < -0.3 is 15.4 Å². The molecule has 1 aliphatic carbocycles. The Bertz CT molecular complexity index is 512. The SMILES string of the molecule is COC(=O)Nc1ccc(CN(CCCN)C(=O)C2CC2)cc1. The highest BCUT2D eigenvalue weighted by molar-refractivity contribution is 5.84. The van der Waals surface area contributed by atoms with E-state index in [1.807, 2.05) is 17.0 Å². The van der Waals surface area contributed by atoms with Gasteiger partial charge in [0.1, 0.15) is 0 Å². The number of rotatable bonds is 7. The Labute approximate surface area is 130 Å². The molecule has 0 aromatic heterocycles. The van der Waals surface area contributed by atoms with Gasteiger partial charge in [-0.3, -0.25) is 10.1 Å². The molecule has 2 rings (SSSR count). The van der Waals surface area contributed by atoms with Gasteiger partial charge in [-0.2, -0.15) is 0 Å². The van der Waals surface area contributed by atoms with Gasteiger partial charge in [0.05, 0.1) is 7.11 Å². The molecule has 1 aromatic rings. The Morgan fingerprint density at radius 1 is 1.32 bits per heavy atom. The van der Waals surface area contributed by atoms with Gasteiger partial charge in [0.15, 0.2) is 0 Å². The Morgan fingerprint density at radius 2 is 2.00 bits per heavy atom. The number of carbonyl (C=O) groups excluding carboxylic acids is 2. The van der Waals surface area contributed by atoms with Crippen LogP contribution in [0, 0.1) is 5.92 Å². The lowest BCUT2D eigenvalue weighted by Gasteiger charge is -2.23. The fourth-order valence-corrected chi connectivity index (χ4v) is 2.22. The molecule has 3 N–H and O–H groups in total. The van der Waals surface area contributed by atoms with Gasteiger partial charge in [-0.05, 0) is 43.5 Å². The minimum Gasteiger partial charge on any atom is -0.453 e. The summed E-state index contributed by atoms with van der Waals surface area (Å²) in [6.45, 7) is 1.85. The number of nitrogens with zero attached hydrogens (tertiary/aromatic N) is 1. The van der Waals surface area contributed by atoms with Crippen molar-refractivity contribution in [2.45, 2.75) is 25.8 Å². The van der Waals surface area contributed by atoms with Crippen LogP contribution in [-0.4, -0.2) is 37.1 Å². The number of nitrogens with two attached hydrogens (primary N) is 1. The summed E-state index contributed by atoms with van der Waals surface area (Å²) in [7, 11) is 1.32. The predicted molar refractivity (Wildman–Crippen MR) is 84.3 cm³/mol. The summed E-state index contributed by atoms with van der Waals surface area (Å²) < 4.78 is 4.54. The highest BCUT2D eigenvalue weighted by Gasteiger charge is 2.33. The number of hydrogen-bond donors (Lipinski definition) is 2. The van der Waals surface area contributed by atoms with Gasteiger partial charge in [0.25, 0.3) is 0 Å². The fraction of sp³-hybridized carbons (Fsp3) is 0.500. The molecule has 0 heterocycles. The van der Waals surface area contributed by atoms with Crippen molar-refractivity contribution >= 4 is 17.7 Å². The second-order valence-corrected chi connectivity index (χ2v) is 5.49. The molecule has 0 unspecified atom stereocenters. The molecule has 1 fully saturated rings. The van der Waals surface area contributed by atoms with E-state index in [4.69, 9.17) is 5.73 Å². The molecule has 1 aliphatic rings. The van der Waals surface area contributed by atoms with Crippen molar-refractivity contribution in [1.29, 1.82) is 0 Å². The van der Waals surface area contributed by atoms with E-state index in [-0.39, 0.29) is 11.8 Å². The Hall–Kier alpha value is -2.08. The number of anilines is 1. The van der Waals surface area contributed by atoms with Crippen LogP contribution in [0.3, 0.4) is 0 Å². The topological polar surface area (TPSA) is 84.7 Å². The van der Waals surface area contributed by atoms with Gasteiger partial charge in [0, 0.05) is 24.7 Å². The van der Waals surface area contributed by atoms with E-state index in [1.165, 1.54) is 7.11 Å². The summed E-state index contributed by atoms with van der Waals surface area (Å²) in [4.78, 5) is 25.3. The first-order chi connectivity index (χ1) is 10.6. The first-order valence-electron chi connectivity index (χ1n) is 7.57. The van der Waals surface area contributed by atoms with Crippen molar-refractivity contribution < 1.29 is 14.3 Å². The van der Waals surface area contributed by atoms with E-state index in [9.17, 15) is 9.59 Å². The van der Waals surface area contributed by atoms with Crippen LogP contribution >= 0.6 is 0 Å². The maximum Gasteiger partial charge on any atom is 0.411 e. The largest absolute Gasteiger partial charge is 0.453 e. The minimum atomic E-state index is -0.499. The fourth-order valence-electron chi connectivity index (χ4n) is 2.22. The molecule has 0 atom stereocenters. The second-order valence-electron chi connectivity index (χ2n) is 5.49. The van der Waals surface area contributed by atoms with Crippen molar-refractivity contribution in [2.24, 2.45) is 11.7 Å². The third-order valence-electron chi connectivity index (χ3n) is 3.63. The van der Waals surface area contributed by atoms with Crippen LogP contribution in [0.5, 0.6) is 0 Å². The summed E-state index contributed by atoms with van der Waals surface area (Å²) in [5.41, 5.74) is 7.25. The second kappa shape index (κ2) is 7.79. The van der Waals surface area contributed by atoms with Crippen LogP contribution < -0.4 is 11.1 Å². The smallest absolute Gasteiger partial charge is 0.411 e. The average molecular weight is 305 g/mol. The third kappa shape index (κ3) is 4.73. The van der Waals surface area contributed by atoms with E-state index >= 15 is 0 Å². The zero-order chi connectivity index (χ0) is 15.9.